The molecule has 11 nitrogen and oxygen atoms in total. The normalized spacial score (nSPS) is 22.5. The van der Waals surface area contributed by atoms with Crippen LogP contribution in [0.25, 0.3) is 0 Å². The Kier molecular flexibility index (Phi) is 14.2. The van der Waals surface area contributed by atoms with Gasteiger partial charge < -0.3 is 25.0 Å². The van der Waals surface area contributed by atoms with Crippen LogP contribution in [0.4, 0.5) is 0 Å². The first-order valence-corrected chi connectivity index (χ1v) is 17.1. The van der Waals surface area contributed by atoms with Gasteiger partial charge in [-0.05, 0) is 48.8 Å². The van der Waals surface area contributed by atoms with E-state index in [0.29, 0.717) is 39.9 Å². The van der Waals surface area contributed by atoms with E-state index in [-0.39, 0.29) is 49.0 Å². The molecule has 2 fully saturated rings. The van der Waals surface area contributed by atoms with Gasteiger partial charge in [-0.3, -0.25) is 28.9 Å². The van der Waals surface area contributed by atoms with E-state index >= 15 is 0 Å². The molecule has 4 atom stereocenters. The number of amides is 3. The SMILES string of the molecule is CC(=O)OCc1cc(CCCBCCOCCNC(=O)CCN2C(=O)C=CC2=O)ccc1CC1BC(C(=O)C2CCC2)[C@@H](O)C(O)C1. The van der Waals surface area contributed by atoms with Crippen molar-refractivity contribution < 1.29 is 43.7 Å². The second kappa shape index (κ2) is 18.3. The number of ketones is 1. The molecule has 3 amide bonds. The number of nitrogens with one attached hydrogen (secondary N) is 1. The van der Waals surface area contributed by atoms with Crippen molar-refractivity contribution in [3.8, 4) is 0 Å². The summed E-state index contributed by atoms with van der Waals surface area (Å²) in [6.45, 7) is 2.99. The van der Waals surface area contributed by atoms with E-state index < -0.39 is 29.8 Å². The van der Waals surface area contributed by atoms with Gasteiger partial charge in [0.15, 0.2) is 0 Å². The topological polar surface area (TPSA) is 160 Å². The van der Waals surface area contributed by atoms with Gasteiger partial charge in [-0.2, -0.15) is 0 Å². The summed E-state index contributed by atoms with van der Waals surface area (Å²) in [5.41, 5.74) is 3.14. The van der Waals surface area contributed by atoms with E-state index in [1.807, 2.05) is 0 Å². The molecule has 2 aliphatic heterocycles. The lowest BCUT2D eigenvalue weighted by Crippen LogP contribution is -2.46. The summed E-state index contributed by atoms with van der Waals surface area (Å²) in [5.74, 6) is -1.72. The van der Waals surface area contributed by atoms with Gasteiger partial charge >= 0.3 is 5.97 Å². The molecule has 0 bridgehead atoms. The van der Waals surface area contributed by atoms with Crippen molar-refractivity contribution in [2.75, 3.05) is 26.3 Å². The molecule has 3 aliphatic rings. The number of aliphatic hydroxyl groups excluding tert-OH is 2. The summed E-state index contributed by atoms with van der Waals surface area (Å²) in [6, 6.07) is 6.27. The number of benzene rings is 1. The quantitative estimate of drug-likeness (QED) is 0.0872. The average molecular weight is 650 g/mol. The minimum absolute atomic E-state index is 0.0186. The number of imide groups is 1. The Morgan fingerprint density at radius 1 is 1.06 bits per heavy atom. The van der Waals surface area contributed by atoms with E-state index in [9.17, 15) is 34.2 Å². The molecule has 13 heteroatoms. The molecular formula is C34H48B2N2O9. The Balaban J connectivity index is 1.13. The summed E-state index contributed by atoms with van der Waals surface area (Å²) in [7, 11) is 1.57. The van der Waals surface area contributed by atoms with Gasteiger partial charge in [-0.15, -0.1) is 0 Å². The first-order valence-electron chi connectivity index (χ1n) is 17.1. The van der Waals surface area contributed by atoms with Gasteiger partial charge in [0.05, 0.1) is 18.8 Å². The molecule has 2 heterocycles. The summed E-state index contributed by atoms with van der Waals surface area (Å²) in [5, 5.41) is 23.9. The van der Waals surface area contributed by atoms with Gasteiger partial charge in [0, 0.05) is 56.9 Å². The summed E-state index contributed by atoms with van der Waals surface area (Å²) in [6.07, 6.45) is 8.25. The van der Waals surface area contributed by atoms with Crippen molar-refractivity contribution in [1.82, 2.24) is 10.2 Å². The van der Waals surface area contributed by atoms with Crippen LogP contribution in [0.5, 0.6) is 0 Å². The highest BCUT2D eigenvalue weighted by molar-refractivity contribution is 6.47. The number of carbonyl (C=O) groups is 5. The number of esters is 1. The fraction of sp³-hybridized carbons (Fsp3) is 0.618. The first-order chi connectivity index (χ1) is 22.6. The maximum absolute atomic E-state index is 13.0. The minimum atomic E-state index is -1.00. The van der Waals surface area contributed by atoms with E-state index in [4.69, 9.17) is 9.47 Å². The third-order valence-electron chi connectivity index (χ3n) is 9.59. The molecule has 0 radical (unpaired) electrons. The monoisotopic (exact) mass is 650 g/mol. The molecule has 1 aromatic carbocycles. The van der Waals surface area contributed by atoms with E-state index in [0.717, 1.165) is 73.6 Å². The molecular weight excluding hydrogens is 602 g/mol. The molecule has 1 aliphatic carbocycles. The number of Topliss-reactive ketones (excluding diaryl/α,β-unsaturated/α-hetero) is 1. The molecule has 1 saturated heterocycles. The Morgan fingerprint density at radius 3 is 2.53 bits per heavy atom. The van der Waals surface area contributed by atoms with Gasteiger partial charge in [0.2, 0.25) is 5.91 Å². The van der Waals surface area contributed by atoms with E-state index in [1.165, 1.54) is 19.1 Å². The van der Waals surface area contributed by atoms with Crippen LogP contribution in [0.15, 0.2) is 30.4 Å². The third kappa shape index (κ3) is 11.1. The molecule has 3 unspecified atom stereocenters. The van der Waals surface area contributed by atoms with Crippen molar-refractivity contribution in [2.45, 2.75) is 101 Å². The number of nitrogens with zero attached hydrogens (tertiary/aromatic N) is 1. The van der Waals surface area contributed by atoms with Crippen molar-refractivity contribution in [3.63, 3.8) is 0 Å². The molecule has 1 aromatic rings. The van der Waals surface area contributed by atoms with Crippen LogP contribution >= 0.6 is 0 Å². The van der Waals surface area contributed by atoms with Crippen LogP contribution in [0.1, 0.15) is 62.1 Å². The highest BCUT2D eigenvalue weighted by Gasteiger charge is 2.43. The van der Waals surface area contributed by atoms with E-state index in [1.54, 1.807) is 0 Å². The number of hydrogen-bond donors (Lipinski definition) is 3. The number of ether oxygens (including phenoxy) is 2. The number of carbonyl (C=O) groups excluding carboxylic acids is 5. The van der Waals surface area contributed by atoms with Crippen LogP contribution in [0.2, 0.25) is 24.3 Å². The van der Waals surface area contributed by atoms with Crippen molar-refractivity contribution in [3.05, 3.63) is 47.0 Å². The molecule has 3 N–H and O–H groups in total. The fourth-order valence-electron chi connectivity index (χ4n) is 6.65. The molecule has 254 valence electrons. The van der Waals surface area contributed by atoms with Crippen LogP contribution in [0, 0.1) is 5.92 Å². The first kappa shape index (κ1) is 36.6. The summed E-state index contributed by atoms with van der Waals surface area (Å²) >= 11 is 0. The van der Waals surface area contributed by atoms with Crippen LogP contribution < -0.4 is 5.32 Å². The fourth-order valence-corrected chi connectivity index (χ4v) is 6.65. The highest BCUT2D eigenvalue weighted by Crippen LogP contribution is 2.39. The van der Waals surface area contributed by atoms with E-state index in [2.05, 4.69) is 23.5 Å². The zero-order chi connectivity index (χ0) is 33.8. The standard InChI is InChI=1S/C34H48B2N2O9/c1-22(39)47-21-26-18-23(7-8-25(26)19-27-20-28(40)34(45)32(36-27)33(44)24-5-2-6-24)4-3-12-35-13-16-46-17-14-37-29(41)11-15-38-30(42)9-10-31(38)43/h7-10,18,24,27-28,32,34-36,40,45H,2-6,11-17,19-21H2,1H3,(H,37,41)/t27?,28?,32?,34-/m0/s1. The van der Waals surface area contributed by atoms with Gasteiger partial charge in [-0.25, -0.2) is 0 Å². The van der Waals surface area contributed by atoms with Crippen molar-refractivity contribution >= 4 is 44.0 Å². The zero-order valence-corrected chi connectivity index (χ0v) is 27.5. The lowest BCUT2D eigenvalue weighted by Gasteiger charge is -2.38. The van der Waals surface area contributed by atoms with Gasteiger partial charge in [-0.1, -0.05) is 49.5 Å². The van der Waals surface area contributed by atoms with Crippen molar-refractivity contribution in [1.29, 1.82) is 0 Å². The van der Waals surface area contributed by atoms with Gasteiger partial charge in [0.25, 0.3) is 11.8 Å². The average Bonchev–Trinajstić information content (AvgIpc) is 3.33. The molecule has 4 rings (SSSR count). The number of hydrogen-bond acceptors (Lipinski definition) is 9. The summed E-state index contributed by atoms with van der Waals surface area (Å²) < 4.78 is 11.0. The Morgan fingerprint density at radius 2 is 1.83 bits per heavy atom. The largest absolute Gasteiger partial charge is 0.461 e. The predicted molar refractivity (Wildman–Crippen MR) is 179 cm³/mol. The highest BCUT2D eigenvalue weighted by atomic mass is 16.5. The molecule has 0 spiro atoms. The molecule has 1 saturated carbocycles. The lowest BCUT2D eigenvalue weighted by atomic mass is 9.44. The molecule has 47 heavy (non-hydrogen) atoms. The van der Waals surface area contributed by atoms with Crippen LogP contribution in [-0.2, 0) is 52.9 Å². The van der Waals surface area contributed by atoms with Crippen LogP contribution in [-0.4, -0.2) is 97.7 Å². The molecule has 0 aromatic heterocycles. The van der Waals surface area contributed by atoms with Gasteiger partial charge in [0.1, 0.15) is 26.9 Å². The Bertz CT molecular complexity index is 1280. The third-order valence-corrected chi connectivity index (χ3v) is 9.59. The predicted octanol–water partition coefficient (Wildman–Crippen LogP) is 1.45. The van der Waals surface area contributed by atoms with Crippen molar-refractivity contribution in [2.24, 2.45) is 5.92 Å². The summed E-state index contributed by atoms with van der Waals surface area (Å²) in [4.78, 5) is 60.6. The second-order valence-electron chi connectivity index (χ2n) is 13.2. The smallest absolute Gasteiger partial charge is 0.302 e. The Labute approximate surface area is 278 Å². The lowest BCUT2D eigenvalue weighted by molar-refractivity contribution is -0.142. The maximum atomic E-state index is 13.0. The number of aryl methyl sites for hydroxylation is 1. The van der Waals surface area contributed by atoms with Crippen LogP contribution in [0.3, 0.4) is 0 Å². The Hall–Kier alpha value is -3.28. The number of rotatable bonds is 19. The number of aliphatic hydroxyl groups is 2. The zero-order valence-electron chi connectivity index (χ0n) is 27.5. The second-order valence-corrected chi connectivity index (χ2v) is 13.2. The minimum Gasteiger partial charge on any atom is -0.461 e. The maximum Gasteiger partial charge on any atom is 0.302 e.